The van der Waals surface area contributed by atoms with E-state index >= 15 is 0 Å². The van der Waals surface area contributed by atoms with Crippen molar-refractivity contribution in [2.24, 2.45) is 0 Å². The van der Waals surface area contributed by atoms with Crippen LogP contribution in [0.4, 0.5) is 17.1 Å². The van der Waals surface area contributed by atoms with Crippen molar-refractivity contribution < 1.29 is 4.79 Å². The van der Waals surface area contributed by atoms with Crippen LogP contribution in [-0.4, -0.2) is 10.9 Å². The summed E-state index contributed by atoms with van der Waals surface area (Å²) in [6, 6.07) is 22.0. The van der Waals surface area contributed by atoms with Gasteiger partial charge in [0.1, 0.15) is 0 Å². The molecule has 0 saturated carbocycles. The molecule has 1 heterocycles. The maximum Gasteiger partial charge on any atom is 0.255 e. The summed E-state index contributed by atoms with van der Waals surface area (Å²) in [6.45, 7) is 8.76. The molecule has 0 fully saturated rings. The van der Waals surface area contributed by atoms with E-state index in [4.69, 9.17) is 0 Å². The lowest BCUT2D eigenvalue weighted by molar-refractivity contribution is 0.102. The summed E-state index contributed by atoms with van der Waals surface area (Å²) < 4.78 is 0. The Morgan fingerprint density at radius 2 is 1.66 bits per heavy atom. The average Bonchev–Trinajstić information content (AvgIpc) is 2.87. The number of pyridine rings is 1. The minimum absolute atomic E-state index is 0.153. The summed E-state index contributed by atoms with van der Waals surface area (Å²) in [5.41, 5.74) is 10.7. The van der Waals surface area contributed by atoms with Crippen LogP contribution in [-0.2, 0) is 6.42 Å². The Kier molecular flexibility index (Phi) is 7.61. The maximum absolute atomic E-state index is 12.8. The molecule has 1 amide bonds. The summed E-state index contributed by atoms with van der Waals surface area (Å²) in [4.78, 5) is 17.1. The molecule has 4 aromatic rings. The number of unbranched alkanes of at least 4 members (excludes halogenated alkanes) is 1. The van der Waals surface area contributed by atoms with Gasteiger partial charge < -0.3 is 10.6 Å². The number of benzene rings is 3. The topological polar surface area (TPSA) is 54.0 Å². The first-order valence-electron chi connectivity index (χ1n) is 12.3. The number of rotatable bonds is 8. The summed E-state index contributed by atoms with van der Waals surface area (Å²) in [5.74, 6) is -0.153. The molecule has 178 valence electrons. The van der Waals surface area contributed by atoms with Crippen molar-refractivity contribution in [3.8, 4) is 11.1 Å². The smallest absolute Gasteiger partial charge is 0.255 e. The molecule has 0 radical (unpaired) electrons. The summed E-state index contributed by atoms with van der Waals surface area (Å²) in [5, 5.41) is 6.60. The van der Waals surface area contributed by atoms with Crippen molar-refractivity contribution in [3.05, 3.63) is 107 Å². The van der Waals surface area contributed by atoms with E-state index in [0.29, 0.717) is 11.3 Å². The monoisotopic (exact) mass is 463 g/mol. The van der Waals surface area contributed by atoms with E-state index in [9.17, 15) is 4.79 Å². The Morgan fingerprint density at radius 3 is 2.43 bits per heavy atom. The molecule has 0 aliphatic heterocycles. The molecule has 4 rings (SSSR count). The van der Waals surface area contributed by atoms with Crippen molar-refractivity contribution in [1.82, 2.24) is 4.98 Å². The fourth-order valence-corrected chi connectivity index (χ4v) is 4.32. The number of hydrogen-bond acceptors (Lipinski definition) is 3. The van der Waals surface area contributed by atoms with Gasteiger partial charge in [0.15, 0.2) is 0 Å². The molecule has 0 bridgehead atoms. The highest BCUT2D eigenvalue weighted by atomic mass is 16.1. The number of carbonyl (C=O) groups excluding carboxylic acids is 1. The van der Waals surface area contributed by atoms with Gasteiger partial charge in [0.05, 0.1) is 17.6 Å². The van der Waals surface area contributed by atoms with Crippen LogP contribution in [0.25, 0.3) is 11.1 Å². The van der Waals surface area contributed by atoms with E-state index in [1.165, 1.54) is 27.8 Å². The number of carbonyl (C=O) groups is 1. The molecule has 3 aromatic carbocycles. The van der Waals surface area contributed by atoms with E-state index in [2.05, 4.69) is 73.6 Å². The first-order valence-corrected chi connectivity index (χ1v) is 12.3. The molecule has 0 spiro atoms. The quantitative estimate of drug-likeness (QED) is 0.278. The van der Waals surface area contributed by atoms with Gasteiger partial charge in [-0.1, -0.05) is 55.3 Å². The lowest BCUT2D eigenvalue weighted by Gasteiger charge is -2.20. The molecular formula is C31H33N3O. The van der Waals surface area contributed by atoms with Crippen LogP contribution in [0.2, 0.25) is 0 Å². The fourth-order valence-electron chi connectivity index (χ4n) is 4.32. The Hall–Kier alpha value is -3.92. The van der Waals surface area contributed by atoms with Gasteiger partial charge in [-0.3, -0.25) is 9.78 Å². The van der Waals surface area contributed by atoms with Gasteiger partial charge in [-0.05, 0) is 86.2 Å². The van der Waals surface area contributed by atoms with Crippen LogP contribution in [0.5, 0.6) is 0 Å². The molecular weight excluding hydrogens is 430 g/mol. The van der Waals surface area contributed by atoms with Crippen LogP contribution < -0.4 is 10.6 Å². The van der Waals surface area contributed by atoms with Crippen molar-refractivity contribution in [1.29, 1.82) is 0 Å². The first kappa shape index (κ1) is 24.2. The van der Waals surface area contributed by atoms with Gasteiger partial charge in [-0.25, -0.2) is 0 Å². The minimum Gasteiger partial charge on any atom is -0.352 e. The molecule has 0 saturated heterocycles. The maximum atomic E-state index is 12.8. The van der Waals surface area contributed by atoms with Crippen LogP contribution in [0.1, 0.15) is 52.4 Å². The molecule has 0 aliphatic carbocycles. The van der Waals surface area contributed by atoms with Crippen molar-refractivity contribution in [2.75, 3.05) is 10.6 Å². The molecule has 4 heteroatoms. The van der Waals surface area contributed by atoms with Crippen LogP contribution in [0, 0.1) is 20.8 Å². The fraction of sp³-hybridized carbons (Fsp3) is 0.226. The molecule has 0 aliphatic rings. The van der Waals surface area contributed by atoms with Gasteiger partial charge in [-0.15, -0.1) is 0 Å². The van der Waals surface area contributed by atoms with E-state index in [0.717, 1.165) is 36.2 Å². The molecule has 1 aromatic heterocycles. The Balaban J connectivity index is 1.72. The number of amides is 1. The van der Waals surface area contributed by atoms with Gasteiger partial charge >= 0.3 is 0 Å². The number of hydrogen-bond donors (Lipinski definition) is 2. The van der Waals surface area contributed by atoms with Gasteiger partial charge in [-0.2, -0.15) is 0 Å². The number of aryl methyl sites for hydroxylation is 2. The average molecular weight is 464 g/mol. The third kappa shape index (κ3) is 5.60. The normalized spacial score (nSPS) is 10.7. The lowest BCUT2D eigenvalue weighted by atomic mass is 9.89. The van der Waals surface area contributed by atoms with Crippen LogP contribution >= 0.6 is 0 Å². The van der Waals surface area contributed by atoms with E-state index in [1.54, 1.807) is 24.5 Å². The largest absolute Gasteiger partial charge is 0.352 e. The van der Waals surface area contributed by atoms with E-state index < -0.39 is 0 Å². The highest BCUT2D eigenvalue weighted by Crippen LogP contribution is 2.37. The molecule has 0 atom stereocenters. The number of nitrogens with one attached hydrogen (secondary N) is 2. The summed E-state index contributed by atoms with van der Waals surface area (Å²) in [6.07, 6.45) is 6.81. The standard InChI is InChI=1S/C31H33N3O/c1-5-6-12-25-23(4)22(3)14-15-26(25)27-19-21(2)13-16-28(27)33-30-20-32-18-17-29(30)34-31(35)24-10-8-7-9-11-24/h7-11,13-20,33H,5-6,12H2,1-4H3,(H,32,34,35). The highest BCUT2D eigenvalue weighted by Gasteiger charge is 2.15. The van der Waals surface area contributed by atoms with Crippen molar-refractivity contribution >= 4 is 23.0 Å². The summed E-state index contributed by atoms with van der Waals surface area (Å²) >= 11 is 0. The molecule has 35 heavy (non-hydrogen) atoms. The van der Waals surface area contributed by atoms with Crippen LogP contribution in [0.3, 0.4) is 0 Å². The van der Waals surface area contributed by atoms with Gasteiger partial charge in [0, 0.05) is 23.0 Å². The Bertz CT molecular complexity index is 1330. The number of aromatic nitrogens is 1. The number of nitrogens with zero attached hydrogens (tertiary/aromatic N) is 1. The second kappa shape index (κ2) is 11.0. The molecule has 4 nitrogen and oxygen atoms in total. The zero-order chi connectivity index (χ0) is 24.8. The third-order valence-electron chi connectivity index (χ3n) is 6.49. The highest BCUT2D eigenvalue weighted by molar-refractivity contribution is 6.06. The van der Waals surface area contributed by atoms with E-state index in [1.807, 2.05) is 24.3 Å². The SMILES string of the molecule is CCCCc1c(-c2cc(C)ccc2Nc2cnccc2NC(=O)c2ccccc2)ccc(C)c1C. The predicted molar refractivity (Wildman–Crippen MR) is 147 cm³/mol. The van der Waals surface area contributed by atoms with Gasteiger partial charge in [0.2, 0.25) is 0 Å². The third-order valence-corrected chi connectivity index (χ3v) is 6.49. The van der Waals surface area contributed by atoms with Crippen LogP contribution in [0.15, 0.2) is 79.1 Å². The zero-order valence-electron chi connectivity index (χ0n) is 21.0. The second-order valence-electron chi connectivity index (χ2n) is 9.05. The molecule has 2 N–H and O–H groups in total. The number of anilines is 3. The minimum atomic E-state index is -0.153. The summed E-state index contributed by atoms with van der Waals surface area (Å²) in [7, 11) is 0. The Morgan fingerprint density at radius 1 is 0.857 bits per heavy atom. The van der Waals surface area contributed by atoms with Crippen molar-refractivity contribution in [3.63, 3.8) is 0 Å². The second-order valence-corrected chi connectivity index (χ2v) is 9.05. The van der Waals surface area contributed by atoms with Crippen molar-refractivity contribution in [2.45, 2.75) is 47.0 Å². The lowest BCUT2D eigenvalue weighted by Crippen LogP contribution is -2.13. The Labute approximate surface area is 208 Å². The van der Waals surface area contributed by atoms with Gasteiger partial charge in [0.25, 0.3) is 5.91 Å². The zero-order valence-corrected chi connectivity index (χ0v) is 21.0. The first-order chi connectivity index (χ1) is 17.0. The molecule has 0 unspecified atom stereocenters. The van der Waals surface area contributed by atoms with E-state index in [-0.39, 0.29) is 5.91 Å². The predicted octanol–water partition coefficient (Wildman–Crippen LogP) is 8.01.